The van der Waals surface area contributed by atoms with E-state index in [1.807, 2.05) is 19.1 Å². The number of hydrogen-bond donors (Lipinski definition) is 2. The number of anilines is 1. The Morgan fingerprint density at radius 2 is 1.76 bits per heavy atom. The number of fused-ring (bicyclic) bond motifs is 1. The number of carbonyl (C=O) groups is 3. The maximum atomic E-state index is 14.2. The van der Waals surface area contributed by atoms with E-state index in [4.69, 9.17) is 5.73 Å². The number of rotatable bonds is 9. The topological polar surface area (TPSA) is 102 Å². The number of aromatic nitrogens is 1. The van der Waals surface area contributed by atoms with Crippen molar-refractivity contribution in [1.29, 1.82) is 0 Å². The number of nitrogens with two attached hydrogens (primary N) is 1. The van der Waals surface area contributed by atoms with Gasteiger partial charge in [0.05, 0.1) is 17.2 Å². The largest absolute Gasteiger partial charge is 0.366 e. The predicted molar refractivity (Wildman–Crippen MR) is 148 cm³/mol. The first kappa shape index (κ1) is 27.8. The van der Waals surface area contributed by atoms with Crippen LogP contribution in [-0.2, 0) is 16.0 Å². The third-order valence-electron chi connectivity index (χ3n) is 7.24. The zero-order chi connectivity index (χ0) is 29.3. The van der Waals surface area contributed by atoms with E-state index in [1.165, 1.54) is 30.5 Å². The standard InChI is InChI=1S/C32H26F3N3O3/c1-17-4-7-29-25(9-17)26(32(41)38-29)16-23(39)13-20(10-18-11-21(33)15-22(34)12-18)30-24(3-2-8-37-30)19-5-6-28(35)27(14-19)31(36)40/h2-9,11-12,14-15,20,26H,10,13,16H2,1H3,(H2,36,40)(H,38,41)/t20-,26?/m1/s1. The molecule has 6 nitrogen and oxygen atoms in total. The molecule has 1 aromatic heterocycles. The molecule has 0 aliphatic carbocycles. The van der Waals surface area contributed by atoms with Gasteiger partial charge in [0.25, 0.3) is 5.91 Å². The highest BCUT2D eigenvalue weighted by molar-refractivity contribution is 6.05. The Bertz CT molecular complexity index is 1670. The van der Waals surface area contributed by atoms with Crippen LogP contribution in [0.25, 0.3) is 11.1 Å². The normalized spacial score (nSPS) is 14.8. The van der Waals surface area contributed by atoms with Gasteiger partial charge in [-0.05, 0) is 66.4 Å². The zero-order valence-corrected chi connectivity index (χ0v) is 22.1. The minimum absolute atomic E-state index is 0.0564. The van der Waals surface area contributed by atoms with Gasteiger partial charge in [0.1, 0.15) is 23.2 Å². The van der Waals surface area contributed by atoms with E-state index < -0.39 is 35.2 Å². The number of primary amides is 1. The first-order chi connectivity index (χ1) is 19.6. The molecule has 0 radical (unpaired) electrons. The first-order valence-electron chi connectivity index (χ1n) is 13.0. The summed E-state index contributed by atoms with van der Waals surface area (Å²) in [6.07, 6.45) is 1.42. The van der Waals surface area contributed by atoms with Crippen LogP contribution in [0.3, 0.4) is 0 Å². The first-order valence-corrected chi connectivity index (χ1v) is 13.0. The van der Waals surface area contributed by atoms with E-state index in [9.17, 15) is 27.6 Å². The summed E-state index contributed by atoms with van der Waals surface area (Å²) in [5.74, 6) is -5.08. The fourth-order valence-electron chi connectivity index (χ4n) is 5.38. The predicted octanol–water partition coefficient (Wildman–Crippen LogP) is 5.98. The molecule has 0 saturated carbocycles. The van der Waals surface area contributed by atoms with E-state index in [2.05, 4.69) is 10.3 Å². The molecule has 208 valence electrons. The molecule has 4 aromatic rings. The van der Waals surface area contributed by atoms with Crippen molar-refractivity contribution in [3.63, 3.8) is 0 Å². The number of pyridine rings is 1. The van der Waals surface area contributed by atoms with Gasteiger partial charge in [-0.1, -0.05) is 29.8 Å². The van der Waals surface area contributed by atoms with Crippen molar-refractivity contribution in [2.45, 2.75) is 38.0 Å². The number of hydrogen-bond acceptors (Lipinski definition) is 4. The highest BCUT2D eigenvalue weighted by Gasteiger charge is 2.33. The Hall–Kier alpha value is -4.79. The van der Waals surface area contributed by atoms with Gasteiger partial charge in [-0.15, -0.1) is 0 Å². The summed E-state index contributed by atoms with van der Waals surface area (Å²) >= 11 is 0. The van der Waals surface area contributed by atoms with E-state index in [1.54, 1.807) is 18.2 Å². The van der Waals surface area contributed by atoms with E-state index in [-0.39, 0.29) is 36.5 Å². The molecular formula is C32H26F3N3O3. The molecule has 0 bridgehead atoms. The summed E-state index contributed by atoms with van der Waals surface area (Å²) in [7, 11) is 0. The van der Waals surface area contributed by atoms with Crippen molar-refractivity contribution < 1.29 is 27.6 Å². The maximum Gasteiger partial charge on any atom is 0.251 e. The third-order valence-corrected chi connectivity index (χ3v) is 7.24. The van der Waals surface area contributed by atoms with Crippen molar-refractivity contribution in [3.8, 4) is 11.1 Å². The lowest BCUT2D eigenvalue weighted by atomic mass is 9.84. The monoisotopic (exact) mass is 557 g/mol. The Labute approximate surface area is 234 Å². The van der Waals surface area contributed by atoms with E-state index >= 15 is 0 Å². The van der Waals surface area contributed by atoms with Crippen LogP contribution >= 0.6 is 0 Å². The van der Waals surface area contributed by atoms with Gasteiger partial charge in [0, 0.05) is 42.3 Å². The van der Waals surface area contributed by atoms with Crippen LogP contribution in [0.15, 0.2) is 72.9 Å². The van der Waals surface area contributed by atoms with Crippen LogP contribution in [0.5, 0.6) is 0 Å². The number of carbonyl (C=O) groups excluding carboxylic acids is 3. The molecule has 1 unspecified atom stereocenters. The summed E-state index contributed by atoms with van der Waals surface area (Å²) in [6.45, 7) is 1.90. The molecule has 2 heterocycles. The quantitative estimate of drug-likeness (QED) is 0.264. The summed E-state index contributed by atoms with van der Waals surface area (Å²) in [6, 6.07) is 15.9. The lowest BCUT2D eigenvalue weighted by molar-refractivity contribution is -0.124. The molecule has 0 spiro atoms. The van der Waals surface area contributed by atoms with Gasteiger partial charge in [0.2, 0.25) is 5.91 Å². The minimum Gasteiger partial charge on any atom is -0.366 e. The number of nitrogens with one attached hydrogen (secondary N) is 1. The second-order valence-electron chi connectivity index (χ2n) is 10.3. The summed E-state index contributed by atoms with van der Waals surface area (Å²) in [4.78, 5) is 42.5. The Morgan fingerprint density at radius 1 is 1.00 bits per heavy atom. The SMILES string of the molecule is Cc1ccc2c(c1)C(CC(=O)C[C@@H](Cc1cc(F)cc(F)c1)c1ncccc1-c1ccc(F)c(C(N)=O)c1)C(=O)N2. The van der Waals surface area contributed by atoms with Gasteiger partial charge >= 0.3 is 0 Å². The van der Waals surface area contributed by atoms with Crippen LogP contribution in [0, 0.1) is 24.4 Å². The van der Waals surface area contributed by atoms with Crippen LogP contribution in [0.2, 0.25) is 0 Å². The van der Waals surface area contributed by atoms with Crippen LogP contribution < -0.4 is 11.1 Å². The third kappa shape index (κ3) is 6.04. The van der Waals surface area contributed by atoms with E-state index in [0.717, 1.165) is 23.3 Å². The molecule has 3 aromatic carbocycles. The molecule has 9 heteroatoms. The van der Waals surface area contributed by atoms with Gasteiger partial charge < -0.3 is 11.1 Å². The number of benzene rings is 3. The summed E-state index contributed by atoms with van der Waals surface area (Å²) < 4.78 is 42.4. The Balaban J connectivity index is 1.51. The minimum atomic E-state index is -0.942. The summed E-state index contributed by atoms with van der Waals surface area (Å²) in [5.41, 5.74) is 9.07. The number of amides is 2. The van der Waals surface area contributed by atoms with Crippen molar-refractivity contribution in [3.05, 3.63) is 118 Å². The average molecular weight is 558 g/mol. The lowest BCUT2D eigenvalue weighted by Gasteiger charge is -2.21. The molecule has 0 saturated heterocycles. The van der Waals surface area contributed by atoms with Crippen LogP contribution in [0.1, 0.15) is 57.4 Å². The average Bonchev–Trinajstić information content (AvgIpc) is 3.21. The molecule has 3 N–H and O–H groups in total. The van der Waals surface area contributed by atoms with Crippen molar-refractivity contribution >= 4 is 23.3 Å². The molecular weight excluding hydrogens is 531 g/mol. The second-order valence-corrected chi connectivity index (χ2v) is 10.3. The van der Waals surface area contributed by atoms with E-state index in [0.29, 0.717) is 28.1 Å². The van der Waals surface area contributed by atoms with Gasteiger partial charge in [-0.2, -0.15) is 0 Å². The second kappa shape index (κ2) is 11.4. The van der Waals surface area contributed by atoms with Crippen LogP contribution in [-0.4, -0.2) is 22.6 Å². The van der Waals surface area contributed by atoms with Gasteiger partial charge in [-0.25, -0.2) is 13.2 Å². The highest BCUT2D eigenvalue weighted by Crippen LogP contribution is 2.38. The Morgan fingerprint density at radius 3 is 2.49 bits per heavy atom. The zero-order valence-electron chi connectivity index (χ0n) is 22.1. The highest BCUT2D eigenvalue weighted by atomic mass is 19.1. The lowest BCUT2D eigenvalue weighted by Crippen LogP contribution is -2.19. The molecule has 1 aliphatic heterocycles. The number of ketones is 1. The fraction of sp³-hybridized carbons (Fsp3) is 0.188. The molecule has 1 aliphatic rings. The fourth-order valence-corrected chi connectivity index (χ4v) is 5.38. The maximum absolute atomic E-state index is 14.2. The van der Waals surface area contributed by atoms with Crippen molar-refractivity contribution in [1.82, 2.24) is 4.98 Å². The smallest absolute Gasteiger partial charge is 0.251 e. The number of Topliss-reactive ketones (excluding diaryl/α,β-unsaturated/α-hetero) is 1. The molecule has 5 rings (SSSR count). The number of nitrogens with zero attached hydrogens (tertiary/aromatic N) is 1. The molecule has 2 atom stereocenters. The summed E-state index contributed by atoms with van der Waals surface area (Å²) in [5, 5.41) is 2.81. The van der Waals surface area contributed by atoms with Gasteiger partial charge in [-0.3, -0.25) is 19.4 Å². The molecule has 0 fully saturated rings. The van der Waals surface area contributed by atoms with Crippen molar-refractivity contribution in [2.24, 2.45) is 5.73 Å². The van der Waals surface area contributed by atoms with Gasteiger partial charge in [0.15, 0.2) is 0 Å². The number of aryl methyl sites for hydroxylation is 1. The van der Waals surface area contributed by atoms with Crippen LogP contribution in [0.4, 0.5) is 18.9 Å². The Kier molecular flexibility index (Phi) is 7.70. The molecule has 2 amide bonds. The molecule has 41 heavy (non-hydrogen) atoms. The number of halogens is 3. The van der Waals surface area contributed by atoms with Crippen molar-refractivity contribution in [2.75, 3.05) is 5.32 Å².